The van der Waals surface area contributed by atoms with Gasteiger partial charge in [0, 0.05) is 31.2 Å². The zero-order valence-electron chi connectivity index (χ0n) is 16.1. The van der Waals surface area contributed by atoms with Gasteiger partial charge in [0.15, 0.2) is 5.69 Å². The Hall–Kier alpha value is -2.67. The van der Waals surface area contributed by atoms with Crippen molar-refractivity contribution < 1.29 is 9.53 Å². The largest absolute Gasteiger partial charge is 0.489 e. The number of hydrogen-bond donors (Lipinski definition) is 1. The van der Waals surface area contributed by atoms with Crippen LogP contribution < -0.4 is 10.1 Å². The SMILES string of the molecule is C=CCOc1ccccc1CN1CCC(n2cc(C(=O)NC3CC3)nn2)CC1. The number of rotatable bonds is 8. The Morgan fingerprint density at radius 1 is 1.25 bits per heavy atom. The molecule has 2 heterocycles. The molecule has 0 atom stereocenters. The molecule has 0 bridgehead atoms. The number of carbonyl (C=O) groups excluding carboxylic acids is 1. The Morgan fingerprint density at radius 2 is 2.04 bits per heavy atom. The number of nitrogens with one attached hydrogen (secondary N) is 1. The lowest BCUT2D eigenvalue weighted by molar-refractivity contribution is 0.0946. The van der Waals surface area contributed by atoms with E-state index >= 15 is 0 Å². The van der Waals surface area contributed by atoms with Gasteiger partial charge in [-0.3, -0.25) is 9.69 Å². The summed E-state index contributed by atoms with van der Waals surface area (Å²) in [6.07, 6.45) is 7.67. The van der Waals surface area contributed by atoms with E-state index in [9.17, 15) is 4.79 Å². The lowest BCUT2D eigenvalue weighted by Crippen LogP contribution is -2.34. The van der Waals surface area contributed by atoms with Gasteiger partial charge in [-0.15, -0.1) is 5.10 Å². The maximum Gasteiger partial charge on any atom is 0.273 e. The normalized spacial score (nSPS) is 18.0. The minimum atomic E-state index is -0.109. The summed E-state index contributed by atoms with van der Waals surface area (Å²) in [5, 5.41) is 11.2. The number of hydrogen-bond acceptors (Lipinski definition) is 5. The number of amides is 1. The molecular formula is C21H27N5O2. The van der Waals surface area contributed by atoms with Gasteiger partial charge in [0.1, 0.15) is 12.4 Å². The van der Waals surface area contributed by atoms with Gasteiger partial charge in [-0.05, 0) is 31.7 Å². The lowest BCUT2D eigenvalue weighted by atomic mass is 10.0. The molecule has 1 aliphatic heterocycles. The maximum atomic E-state index is 12.1. The molecule has 7 heteroatoms. The van der Waals surface area contributed by atoms with Crippen LogP contribution in [0.4, 0.5) is 0 Å². The van der Waals surface area contributed by atoms with Crippen molar-refractivity contribution >= 4 is 5.91 Å². The highest BCUT2D eigenvalue weighted by molar-refractivity contribution is 5.92. The van der Waals surface area contributed by atoms with Gasteiger partial charge in [0.2, 0.25) is 0 Å². The quantitative estimate of drug-likeness (QED) is 0.712. The molecule has 1 N–H and O–H groups in total. The monoisotopic (exact) mass is 381 g/mol. The molecule has 2 aliphatic rings. The van der Waals surface area contributed by atoms with Gasteiger partial charge in [-0.25, -0.2) is 4.68 Å². The first-order valence-corrected chi connectivity index (χ1v) is 9.99. The minimum absolute atomic E-state index is 0.109. The summed E-state index contributed by atoms with van der Waals surface area (Å²) >= 11 is 0. The Balaban J connectivity index is 1.31. The molecular weight excluding hydrogens is 354 g/mol. The fraction of sp³-hybridized carbons (Fsp3) is 0.476. The molecule has 2 aromatic rings. The van der Waals surface area contributed by atoms with E-state index in [4.69, 9.17) is 4.74 Å². The number of piperidine rings is 1. The second kappa shape index (κ2) is 8.56. The Kier molecular flexibility index (Phi) is 5.71. The summed E-state index contributed by atoms with van der Waals surface area (Å²) in [7, 11) is 0. The van der Waals surface area contributed by atoms with Gasteiger partial charge in [0.25, 0.3) is 5.91 Å². The fourth-order valence-corrected chi connectivity index (χ4v) is 3.55. The third kappa shape index (κ3) is 4.59. The minimum Gasteiger partial charge on any atom is -0.489 e. The summed E-state index contributed by atoms with van der Waals surface area (Å²) in [6, 6.07) is 8.79. The van der Waals surface area contributed by atoms with E-state index in [2.05, 4.69) is 33.2 Å². The standard InChI is InChI=1S/C21H27N5O2/c1-2-13-28-20-6-4-3-5-16(20)14-25-11-9-18(10-12-25)26-15-19(23-24-26)21(27)22-17-7-8-17/h2-6,15,17-18H,1,7-14H2,(H,22,27). The molecule has 0 spiro atoms. The predicted octanol–water partition coefficient (Wildman–Crippen LogP) is 2.57. The molecule has 1 aromatic heterocycles. The van der Waals surface area contributed by atoms with Crippen LogP contribution in [-0.2, 0) is 6.54 Å². The third-order valence-electron chi connectivity index (χ3n) is 5.31. The second-order valence-corrected chi connectivity index (χ2v) is 7.55. The number of aromatic nitrogens is 3. The summed E-state index contributed by atoms with van der Waals surface area (Å²) in [4.78, 5) is 14.5. The first-order chi connectivity index (χ1) is 13.7. The number of benzene rings is 1. The summed E-state index contributed by atoms with van der Waals surface area (Å²) in [5.41, 5.74) is 1.62. The smallest absolute Gasteiger partial charge is 0.273 e. The van der Waals surface area contributed by atoms with Gasteiger partial charge in [0.05, 0.1) is 12.2 Å². The average Bonchev–Trinajstić information content (AvgIpc) is 3.39. The van der Waals surface area contributed by atoms with Crippen molar-refractivity contribution in [2.45, 2.75) is 44.3 Å². The van der Waals surface area contributed by atoms with Crippen LogP contribution >= 0.6 is 0 Å². The summed E-state index contributed by atoms with van der Waals surface area (Å²) < 4.78 is 7.63. The van der Waals surface area contributed by atoms with E-state index in [-0.39, 0.29) is 5.91 Å². The summed E-state index contributed by atoms with van der Waals surface area (Å²) in [5.74, 6) is 0.814. The second-order valence-electron chi connectivity index (χ2n) is 7.55. The van der Waals surface area contributed by atoms with Crippen molar-refractivity contribution in [1.29, 1.82) is 0 Å². The Bertz CT molecular complexity index is 822. The third-order valence-corrected chi connectivity index (χ3v) is 5.31. The molecule has 7 nitrogen and oxygen atoms in total. The van der Waals surface area contributed by atoms with Crippen LogP contribution in [0.5, 0.6) is 5.75 Å². The van der Waals surface area contributed by atoms with Crippen molar-refractivity contribution in [1.82, 2.24) is 25.2 Å². The zero-order chi connectivity index (χ0) is 19.3. The highest BCUT2D eigenvalue weighted by Gasteiger charge is 2.26. The van der Waals surface area contributed by atoms with E-state index in [1.807, 2.05) is 22.9 Å². The van der Waals surface area contributed by atoms with Crippen LogP contribution in [-0.4, -0.2) is 51.5 Å². The maximum absolute atomic E-state index is 12.1. The topological polar surface area (TPSA) is 72.3 Å². The molecule has 2 fully saturated rings. The van der Waals surface area contributed by atoms with E-state index in [0.29, 0.717) is 24.4 Å². The van der Waals surface area contributed by atoms with E-state index in [1.165, 1.54) is 5.56 Å². The Labute approximate surface area is 165 Å². The van der Waals surface area contributed by atoms with Gasteiger partial charge >= 0.3 is 0 Å². The Morgan fingerprint density at radius 3 is 2.79 bits per heavy atom. The van der Waals surface area contributed by atoms with E-state index in [1.54, 1.807) is 12.3 Å². The summed E-state index contributed by atoms with van der Waals surface area (Å²) in [6.45, 7) is 7.05. The highest BCUT2D eigenvalue weighted by Crippen LogP contribution is 2.26. The van der Waals surface area contributed by atoms with Crippen molar-refractivity contribution in [2.75, 3.05) is 19.7 Å². The van der Waals surface area contributed by atoms with Crippen LogP contribution in [0.2, 0.25) is 0 Å². The average molecular weight is 381 g/mol. The highest BCUT2D eigenvalue weighted by atomic mass is 16.5. The van der Waals surface area contributed by atoms with Crippen LogP contribution in [0, 0.1) is 0 Å². The lowest BCUT2D eigenvalue weighted by Gasteiger charge is -2.32. The van der Waals surface area contributed by atoms with Gasteiger partial charge in [-0.1, -0.05) is 36.1 Å². The van der Waals surface area contributed by atoms with E-state index in [0.717, 1.165) is 51.1 Å². The molecule has 4 rings (SSSR count). The number of para-hydroxylation sites is 1. The molecule has 0 radical (unpaired) electrons. The van der Waals surface area contributed by atoms with Gasteiger partial charge in [-0.2, -0.15) is 0 Å². The molecule has 1 amide bonds. The first-order valence-electron chi connectivity index (χ1n) is 9.99. The van der Waals surface area contributed by atoms with Crippen molar-refractivity contribution in [2.24, 2.45) is 0 Å². The van der Waals surface area contributed by atoms with Crippen LogP contribution in [0.15, 0.2) is 43.1 Å². The van der Waals surface area contributed by atoms with Crippen molar-refractivity contribution in [3.63, 3.8) is 0 Å². The van der Waals surface area contributed by atoms with Crippen LogP contribution in [0.1, 0.15) is 47.8 Å². The van der Waals surface area contributed by atoms with Gasteiger partial charge < -0.3 is 10.1 Å². The number of ether oxygens (including phenoxy) is 1. The number of carbonyl (C=O) groups is 1. The first kappa shape index (κ1) is 18.7. The van der Waals surface area contributed by atoms with Crippen LogP contribution in [0.3, 0.4) is 0 Å². The number of nitrogens with zero attached hydrogens (tertiary/aromatic N) is 4. The van der Waals surface area contributed by atoms with Crippen LogP contribution in [0.25, 0.3) is 0 Å². The molecule has 28 heavy (non-hydrogen) atoms. The molecule has 0 unspecified atom stereocenters. The number of likely N-dealkylation sites (tertiary alicyclic amines) is 1. The van der Waals surface area contributed by atoms with Crippen molar-refractivity contribution in [3.8, 4) is 5.75 Å². The molecule has 1 aromatic carbocycles. The molecule has 148 valence electrons. The fourth-order valence-electron chi connectivity index (χ4n) is 3.55. The van der Waals surface area contributed by atoms with E-state index < -0.39 is 0 Å². The molecule has 1 aliphatic carbocycles. The van der Waals surface area contributed by atoms with Crippen molar-refractivity contribution in [3.05, 3.63) is 54.4 Å². The zero-order valence-corrected chi connectivity index (χ0v) is 16.1. The molecule has 1 saturated heterocycles. The molecule has 1 saturated carbocycles. The predicted molar refractivity (Wildman–Crippen MR) is 106 cm³/mol.